The molecule has 0 aliphatic rings. The Bertz CT molecular complexity index is 569. The first-order valence-electron chi connectivity index (χ1n) is 7.01. The van der Waals surface area contributed by atoms with Gasteiger partial charge in [0.1, 0.15) is 17.6 Å². The molecule has 2 rings (SSSR count). The Morgan fingerprint density at radius 1 is 1.05 bits per heavy atom. The molecule has 0 aromatic heterocycles. The highest BCUT2D eigenvalue weighted by atomic mass is 35.5. The molecule has 3 nitrogen and oxygen atoms in total. The molecule has 0 heterocycles. The third-order valence-electron chi connectivity index (χ3n) is 3.09. The van der Waals surface area contributed by atoms with Crippen molar-refractivity contribution in [1.82, 2.24) is 0 Å². The topological polar surface area (TPSA) is 44.5 Å². The molecule has 0 aliphatic carbocycles. The zero-order valence-electron chi connectivity index (χ0n) is 12.3. The molecule has 2 aromatic carbocycles. The molecule has 2 aromatic rings. The second-order valence-corrected chi connectivity index (χ2v) is 5.23. The van der Waals surface area contributed by atoms with Gasteiger partial charge in [0, 0.05) is 16.6 Å². The lowest BCUT2D eigenvalue weighted by molar-refractivity contribution is 0.180. The molecule has 112 valence electrons. The van der Waals surface area contributed by atoms with Gasteiger partial charge in [0.2, 0.25) is 0 Å². The normalized spacial score (nSPS) is 13.5. The molecule has 0 spiro atoms. The maximum absolute atomic E-state index is 6.24. The van der Waals surface area contributed by atoms with Crippen molar-refractivity contribution in [3.8, 4) is 11.5 Å². The van der Waals surface area contributed by atoms with Crippen molar-refractivity contribution in [1.29, 1.82) is 0 Å². The average molecular weight is 306 g/mol. The minimum Gasteiger partial charge on any atom is -0.494 e. The molecule has 2 N–H and O–H groups in total. The lowest BCUT2D eigenvalue weighted by Crippen LogP contribution is -2.29. The minimum absolute atomic E-state index is 0.184. The van der Waals surface area contributed by atoms with Gasteiger partial charge in [-0.2, -0.15) is 0 Å². The third-order valence-corrected chi connectivity index (χ3v) is 3.43. The number of nitrogens with two attached hydrogens (primary N) is 1. The Morgan fingerprint density at radius 2 is 1.67 bits per heavy atom. The van der Waals surface area contributed by atoms with Crippen molar-refractivity contribution in [3.63, 3.8) is 0 Å². The summed E-state index contributed by atoms with van der Waals surface area (Å²) in [6.07, 6.45) is -0.295. The quantitative estimate of drug-likeness (QED) is 0.869. The molecule has 0 saturated carbocycles. The zero-order valence-corrected chi connectivity index (χ0v) is 13.0. The fourth-order valence-corrected chi connectivity index (χ4v) is 2.33. The van der Waals surface area contributed by atoms with E-state index in [4.69, 9.17) is 26.8 Å². The fraction of sp³-hybridized carbons (Fsp3) is 0.294. The molecule has 4 heteroatoms. The van der Waals surface area contributed by atoms with Gasteiger partial charge in [-0.05, 0) is 44.2 Å². The van der Waals surface area contributed by atoms with Gasteiger partial charge in [0.05, 0.1) is 6.61 Å². The largest absolute Gasteiger partial charge is 0.494 e. The lowest BCUT2D eigenvalue weighted by atomic mass is 10.0. The second-order valence-electron chi connectivity index (χ2n) is 4.82. The maximum Gasteiger partial charge on any atom is 0.140 e. The van der Waals surface area contributed by atoms with E-state index >= 15 is 0 Å². The van der Waals surface area contributed by atoms with Crippen molar-refractivity contribution in [2.45, 2.75) is 26.0 Å². The van der Waals surface area contributed by atoms with Gasteiger partial charge in [0.25, 0.3) is 0 Å². The first-order valence-corrected chi connectivity index (χ1v) is 7.39. The van der Waals surface area contributed by atoms with Crippen LogP contribution in [0.2, 0.25) is 5.02 Å². The number of ether oxygens (including phenoxy) is 2. The van der Waals surface area contributed by atoms with E-state index < -0.39 is 0 Å². The van der Waals surface area contributed by atoms with Crippen molar-refractivity contribution in [2.24, 2.45) is 5.73 Å². The van der Waals surface area contributed by atoms with Gasteiger partial charge in [-0.25, -0.2) is 0 Å². The monoisotopic (exact) mass is 305 g/mol. The van der Waals surface area contributed by atoms with Crippen LogP contribution < -0.4 is 15.2 Å². The van der Waals surface area contributed by atoms with Gasteiger partial charge in [-0.15, -0.1) is 0 Å². The molecule has 0 bridgehead atoms. The van der Waals surface area contributed by atoms with Gasteiger partial charge >= 0.3 is 0 Å². The van der Waals surface area contributed by atoms with Crippen LogP contribution in [-0.2, 0) is 0 Å². The highest BCUT2D eigenvalue weighted by Crippen LogP contribution is 2.30. The van der Waals surface area contributed by atoms with E-state index in [1.807, 2.05) is 62.4 Å². The van der Waals surface area contributed by atoms with Crippen LogP contribution in [0.15, 0.2) is 48.5 Å². The Kier molecular flexibility index (Phi) is 5.48. The molecular weight excluding hydrogens is 286 g/mol. The SMILES string of the molecule is CCOc1ccc(OC(c2ccccc2Cl)C(C)N)cc1. The molecule has 0 aliphatic heterocycles. The van der Waals surface area contributed by atoms with Crippen LogP contribution in [-0.4, -0.2) is 12.6 Å². The Morgan fingerprint density at radius 3 is 2.24 bits per heavy atom. The first-order chi connectivity index (χ1) is 10.1. The van der Waals surface area contributed by atoms with Crippen LogP contribution >= 0.6 is 11.6 Å². The van der Waals surface area contributed by atoms with Crippen LogP contribution in [0.25, 0.3) is 0 Å². The molecule has 21 heavy (non-hydrogen) atoms. The van der Waals surface area contributed by atoms with Gasteiger partial charge in [0.15, 0.2) is 0 Å². The Labute approximate surface area is 130 Å². The summed E-state index contributed by atoms with van der Waals surface area (Å²) < 4.78 is 11.4. The summed E-state index contributed by atoms with van der Waals surface area (Å²) in [5.41, 5.74) is 6.95. The van der Waals surface area contributed by atoms with E-state index in [-0.39, 0.29) is 12.1 Å². The molecule has 0 amide bonds. The molecule has 2 atom stereocenters. The van der Waals surface area contributed by atoms with E-state index in [9.17, 15) is 0 Å². The minimum atomic E-state index is -0.295. The van der Waals surface area contributed by atoms with E-state index in [1.165, 1.54) is 0 Å². The van der Waals surface area contributed by atoms with Crippen LogP contribution in [0.1, 0.15) is 25.5 Å². The van der Waals surface area contributed by atoms with Crippen molar-refractivity contribution in [3.05, 3.63) is 59.1 Å². The zero-order chi connectivity index (χ0) is 15.2. The predicted octanol–water partition coefficient (Wildman–Crippen LogP) is 4.21. The van der Waals surface area contributed by atoms with Gasteiger partial charge in [-0.1, -0.05) is 29.8 Å². The van der Waals surface area contributed by atoms with Crippen molar-refractivity contribution >= 4 is 11.6 Å². The standard InChI is InChI=1S/C17H20ClNO2/c1-3-20-13-8-10-14(11-9-13)21-17(12(2)19)15-6-4-5-7-16(15)18/h4-12,17H,3,19H2,1-2H3. The Hall–Kier alpha value is -1.71. The lowest BCUT2D eigenvalue weighted by Gasteiger charge is -2.24. The van der Waals surface area contributed by atoms with Crippen LogP contribution in [0.5, 0.6) is 11.5 Å². The third kappa shape index (κ3) is 4.13. The summed E-state index contributed by atoms with van der Waals surface area (Å²) in [6, 6.07) is 14.9. The van der Waals surface area contributed by atoms with E-state index in [0.29, 0.717) is 11.6 Å². The molecule has 0 fully saturated rings. The van der Waals surface area contributed by atoms with Crippen LogP contribution in [0.4, 0.5) is 0 Å². The summed E-state index contributed by atoms with van der Waals surface area (Å²) in [6.45, 7) is 4.50. The smallest absolute Gasteiger partial charge is 0.140 e. The first kappa shape index (κ1) is 15.7. The number of rotatable bonds is 6. The highest BCUT2D eigenvalue weighted by molar-refractivity contribution is 6.31. The number of benzene rings is 2. The van der Waals surface area contributed by atoms with E-state index in [0.717, 1.165) is 17.1 Å². The molecule has 0 saturated heterocycles. The van der Waals surface area contributed by atoms with Crippen LogP contribution in [0.3, 0.4) is 0 Å². The summed E-state index contributed by atoms with van der Waals surface area (Å²) in [5, 5.41) is 0.658. The highest BCUT2D eigenvalue weighted by Gasteiger charge is 2.20. The van der Waals surface area contributed by atoms with E-state index in [2.05, 4.69) is 0 Å². The van der Waals surface area contributed by atoms with Gasteiger partial charge < -0.3 is 15.2 Å². The molecule has 2 unspecified atom stereocenters. The summed E-state index contributed by atoms with van der Waals surface area (Å²) in [7, 11) is 0. The molecular formula is C17H20ClNO2. The average Bonchev–Trinajstić information content (AvgIpc) is 2.47. The van der Waals surface area contributed by atoms with Crippen LogP contribution in [0, 0.1) is 0 Å². The van der Waals surface area contributed by atoms with Crippen molar-refractivity contribution in [2.75, 3.05) is 6.61 Å². The number of hydrogen-bond donors (Lipinski definition) is 1. The number of halogens is 1. The van der Waals surface area contributed by atoms with Gasteiger partial charge in [-0.3, -0.25) is 0 Å². The summed E-state index contributed by atoms with van der Waals surface area (Å²) >= 11 is 6.24. The fourth-order valence-electron chi connectivity index (χ4n) is 2.09. The van der Waals surface area contributed by atoms with E-state index in [1.54, 1.807) is 0 Å². The number of hydrogen-bond acceptors (Lipinski definition) is 3. The Balaban J connectivity index is 2.19. The summed E-state index contributed by atoms with van der Waals surface area (Å²) in [4.78, 5) is 0. The predicted molar refractivity (Wildman–Crippen MR) is 86.1 cm³/mol. The maximum atomic E-state index is 6.24. The van der Waals surface area contributed by atoms with Crippen molar-refractivity contribution < 1.29 is 9.47 Å². The summed E-state index contributed by atoms with van der Waals surface area (Å²) in [5.74, 6) is 1.56. The molecule has 0 radical (unpaired) electrons. The second kappa shape index (κ2) is 7.34.